The molecule has 1 fully saturated rings. The fourth-order valence-corrected chi connectivity index (χ4v) is 3.18. The number of nitrogens with two attached hydrogens (primary N) is 1. The second-order valence-corrected chi connectivity index (χ2v) is 6.09. The van der Waals surface area contributed by atoms with E-state index in [1.54, 1.807) is 0 Å². The van der Waals surface area contributed by atoms with Crippen LogP contribution in [0.4, 0.5) is 0 Å². The van der Waals surface area contributed by atoms with E-state index in [0.29, 0.717) is 0 Å². The van der Waals surface area contributed by atoms with Gasteiger partial charge < -0.3 is 0 Å². The summed E-state index contributed by atoms with van der Waals surface area (Å²) in [5.41, 5.74) is 4.50. The van der Waals surface area contributed by atoms with Crippen molar-refractivity contribution in [2.75, 3.05) is 24.6 Å². The van der Waals surface area contributed by atoms with Crippen LogP contribution in [0.5, 0.6) is 0 Å². The Morgan fingerprint density at radius 1 is 1.37 bits per heavy atom. The van der Waals surface area contributed by atoms with Gasteiger partial charge in [-0.25, -0.2) is 5.84 Å². The van der Waals surface area contributed by atoms with Gasteiger partial charge in [0, 0.05) is 31.1 Å². The third-order valence-electron chi connectivity index (χ3n) is 3.53. The Labute approximate surface area is 118 Å². The predicted octanol–water partition coefficient (Wildman–Crippen LogP) is 1.33. The highest BCUT2D eigenvalue weighted by molar-refractivity contribution is 7.99. The van der Waals surface area contributed by atoms with Crippen molar-refractivity contribution in [2.45, 2.75) is 19.4 Å². The van der Waals surface area contributed by atoms with E-state index in [-0.39, 0.29) is 11.8 Å². The fraction of sp³-hybridized carbons (Fsp3) is 0.500. The number of carbonyl (C=O) groups excluding carboxylic acids is 1. The molecule has 1 atom stereocenters. The van der Waals surface area contributed by atoms with E-state index in [9.17, 15) is 4.79 Å². The van der Waals surface area contributed by atoms with E-state index in [4.69, 9.17) is 5.84 Å². The molecule has 0 aliphatic carbocycles. The second-order valence-electron chi connectivity index (χ2n) is 4.86. The quantitative estimate of drug-likeness (QED) is 0.496. The maximum absolute atomic E-state index is 11.5. The van der Waals surface area contributed by atoms with Crippen LogP contribution in [0, 0.1) is 0 Å². The van der Waals surface area contributed by atoms with Crippen molar-refractivity contribution >= 4 is 17.7 Å². The topological polar surface area (TPSA) is 58.4 Å². The molecule has 1 amide bonds. The molecule has 104 valence electrons. The van der Waals surface area contributed by atoms with Crippen LogP contribution in [-0.2, 0) is 11.3 Å². The summed E-state index contributed by atoms with van der Waals surface area (Å²) in [4.78, 5) is 13.9. The lowest BCUT2D eigenvalue weighted by molar-refractivity contribution is -0.122. The summed E-state index contributed by atoms with van der Waals surface area (Å²) in [5.74, 6) is 7.26. The number of nitrogens with one attached hydrogen (secondary N) is 1. The number of hydrogen-bond donors (Lipinski definition) is 2. The minimum absolute atomic E-state index is 0.152. The third-order valence-corrected chi connectivity index (χ3v) is 4.47. The molecule has 1 aromatic carbocycles. The zero-order chi connectivity index (χ0) is 13.7. The molecule has 0 saturated carbocycles. The normalized spacial score (nSPS) is 18.0. The van der Waals surface area contributed by atoms with Crippen LogP contribution in [0.25, 0.3) is 0 Å². The smallest absolute Gasteiger partial charge is 0.241 e. The van der Waals surface area contributed by atoms with Gasteiger partial charge in [-0.05, 0) is 18.1 Å². The van der Waals surface area contributed by atoms with E-state index in [0.717, 1.165) is 12.1 Å². The lowest BCUT2D eigenvalue weighted by atomic mass is 9.99. The van der Waals surface area contributed by atoms with E-state index in [2.05, 4.69) is 22.5 Å². The average molecular weight is 279 g/mol. The van der Waals surface area contributed by atoms with Crippen molar-refractivity contribution in [1.82, 2.24) is 10.3 Å². The molecule has 4 nitrogen and oxygen atoms in total. The largest absolute Gasteiger partial charge is 0.297 e. The molecule has 2 rings (SSSR count). The number of hydrazine groups is 1. The van der Waals surface area contributed by atoms with Crippen LogP contribution >= 0.6 is 11.8 Å². The Morgan fingerprint density at radius 2 is 2.00 bits per heavy atom. The number of benzene rings is 1. The summed E-state index contributed by atoms with van der Waals surface area (Å²) in [6.07, 6.45) is 0. The molecule has 19 heavy (non-hydrogen) atoms. The van der Waals surface area contributed by atoms with Gasteiger partial charge in [0.05, 0.1) is 5.92 Å². The highest BCUT2D eigenvalue weighted by Gasteiger charge is 2.14. The fourth-order valence-electron chi connectivity index (χ4n) is 2.21. The van der Waals surface area contributed by atoms with Crippen molar-refractivity contribution in [3.63, 3.8) is 0 Å². The summed E-state index contributed by atoms with van der Waals surface area (Å²) in [6.45, 7) is 5.19. The van der Waals surface area contributed by atoms with Gasteiger partial charge in [0.15, 0.2) is 0 Å². The van der Waals surface area contributed by atoms with E-state index < -0.39 is 0 Å². The van der Waals surface area contributed by atoms with Crippen LogP contribution in [0.15, 0.2) is 24.3 Å². The van der Waals surface area contributed by atoms with Crippen LogP contribution in [0.2, 0.25) is 0 Å². The van der Waals surface area contributed by atoms with Crippen molar-refractivity contribution in [3.8, 4) is 0 Å². The van der Waals surface area contributed by atoms with Gasteiger partial charge in [0.25, 0.3) is 0 Å². The first kappa shape index (κ1) is 14.4. The SMILES string of the molecule is CC(C(=O)NN)c1ccc(CN2CCSCC2)cc1. The Bertz CT molecular complexity index is 415. The maximum atomic E-state index is 11.5. The lowest BCUT2D eigenvalue weighted by Crippen LogP contribution is -2.33. The molecule has 1 unspecified atom stereocenters. The molecule has 0 aromatic heterocycles. The van der Waals surface area contributed by atoms with Gasteiger partial charge in [-0.1, -0.05) is 24.3 Å². The van der Waals surface area contributed by atoms with E-state index in [1.165, 1.54) is 30.2 Å². The van der Waals surface area contributed by atoms with Crippen LogP contribution in [0.1, 0.15) is 24.0 Å². The monoisotopic (exact) mass is 279 g/mol. The summed E-state index contributed by atoms with van der Waals surface area (Å²) in [6, 6.07) is 8.26. The molecule has 1 saturated heterocycles. The molecule has 0 radical (unpaired) electrons. The van der Waals surface area contributed by atoms with Crippen LogP contribution < -0.4 is 11.3 Å². The Hall–Kier alpha value is -1.04. The number of nitrogens with zero attached hydrogens (tertiary/aromatic N) is 1. The number of thioether (sulfide) groups is 1. The van der Waals surface area contributed by atoms with Crippen LogP contribution in [-0.4, -0.2) is 35.4 Å². The molecule has 0 spiro atoms. The standard InChI is InChI=1S/C14H21N3OS/c1-11(14(18)16-15)13-4-2-12(3-5-13)10-17-6-8-19-9-7-17/h2-5,11H,6-10,15H2,1H3,(H,16,18). The van der Waals surface area contributed by atoms with Gasteiger partial charge >= 0.3 is 0 Å². The highest BCUT2D eigenvalue weighted by Crippen LogP contribution is 2.18. The lowest BCUT2D eigenvalue weighted by Gasteiger charge is -2.26. The zero-order valence-corrected chi connectivity index (χ0v) is 12.1. The molecule has 5 heteroatoms. The minimum atomic E-state index is -0.203. The summed E-state index contributed by atoms with van der Waals surface area (Å²) >= 11 is 2.02. The maximum Gasteiger partial charge on any atom is 0.241 e. The van der Waals surface area contributed by atoms with Crippen LogP contribution in [0.3, 0.4) is 0 Å². The third kappa shape index (κ3) is 3.96. The number of hydrogen-bond acceptors (Lipinski definition) is 4. The molecule has 1 heterocycles. The van der Waals surface area contributed by atoms with Gasteiger partial charge in [-0.15, -0.1) is 0 Å². The molecule has 0 bridgehead atoms. The highest BCUT2D eigenvalue weighted by atomic mass is 32.2. The van der Waals surface area contributed by atoms with Crippen molar-refractivity contribution < 1.29 is 4.79 Å². The molecular weight excluding hydrogens is 258 g/mol. The minimum Gasteiger partial charge on any atom is -0.297 e. The second kappa shape index (κ2) is 6.93. The first-order valence-corrected chi connectivity index (χ1v) is 7.75. The van der Waals surface area contributed by atoms with Crippen molar-refractivity contribution in [2.24, 2.45) is 5.84 Å². The predicted molar refractivity (Wildman–Crippen MR) is 79.8 cm³/mol. The van der Waals surface area contributed by atoms with Gasteiger partial charge in [-0.3, -0.25) is 15.1 Å². The molecule has 3 N–H and O–H groups in total. The zero-order valence-electron chi connectivity index (χ0n) is 11.3. The molecule has 1 aliphatic heterocycles. The summed E-state index contributed by atoms with van der Waals surface area (Å²) < 4.78 is 0. The number of amides is 1. The molecule has 1 aliphatic rings. The Kier molecular flexibility index (Phi) is 5.24. The van der Waals surface area contributed by atoms with Gasteiger partial charge in [0.1, 0.15) is 0 Å². The molecule has 1 aromatic rings. The Balaban J connectivity index is 1.95. The average Bonchev–Trinajstić information content (AvgIpc) is 2.47. The number of carbonyl (C=O) groups is 1. The first-order valence-electron chi connectivity index (χ1n) is 6.60. The van der Waals surface area contributed by atoms with Gasteiger partial charge in [-0.2, -0.15) is 11.8 Å². The van der Waals surface area contributed by atoms with Crippen molar-refractivity contribution in [3.05, 3.63) is 35.4 Å². The summed E-state index contributed by atoms with van der Waals surface area (Å²) in [7, 11) is 0. The van der Waals surface area contributed by atoms with E-state index in [1.807, 2.05) is 30.8 Å². The Morgan fingerprint density at radius 3 is 2.58 bits per heavy atom. The molecular formula is C14H21N3OS. The van der Waals surface area contributed by atoms with Gasteiger partial charge in [0.2, 0.25) is 5.91 Å². The number of rotatable bonds is 4. The van der Waals surface area contributed by atoms with E-state index >= 15 is 0 Å². The first-order chi connectivity index (χ1) is 9.20. The van der Waals surface area contributed by atoms with Crippen molar-refractivity contribution in [1.29, 1.82) is 0 Å². The summed E-state index contributed by atoms with van der Waals surface area (Å²) in [5, 5.41) is 0.